The van der Waals surface area contributed by atoms with E-state index in [0.717, 1.165) is 0 Å². The molecular weight excluding hydrogens is 456 g/mol. The highest BCUT2D eigenvalue weighted by Crippen LogP contribution is 2.47. The highest BCUT2D eigenvalue weighted by Gasteiger charge is 2.38. The summed E-state index contributed by atoms with van der Waals surface area (Å²) in [7, 11) is 1.46. The number of nitriles is 1. The second-order valence-corrected chi connectivity index (χ2v) is 7.52. The summed E-state index contributed by atoms with van der Waals surface area (Å²) in [6.45, 7) is 1.67. The average Bonchev–Trinajstić information content (AvgIpc) is 2.71. The fourth-order valence-electron chi connectivity index (χ4n) is 3.57. The number of methoxy groups -OCH3 is 1. The van der Waals surface area contributed by atoms with E-state index in [1.807, 2.05) is 0 Å². The Morgan fingerprint density at radius 2 is 2.17 bits per heavy atom. The van der Waals surface area contributed by atoms with Crippen molar-refractivity contribution in [2.45, 2.75) is 32.1 Å². The van der Waals surface area contributed by atoms with Crippen LogP contribution in [0.4, 0.5) is 0 Å². The molecule has 1 aromatic carbocycles. The number of carbonyl (C=O) groups is 2. The molecule has 2 aliphatic rings. The first-order valence-electron chi connectivity index (χ1n) is 9.40. The van der Waals surface area contributed by atoms with Crippen molar-refractivity contribution in [3.05, 3.63) is 45.0 Å². The van der Waals surface area contributed by atoms with Gasteiger partial charge in [0, 0.05) is 18.4 Å². The Labute approximate surface area is 182 Å². The van der Waals surface area contributed by atoms with Crippen molar-refractivity contribution in [3.8, 4) is 17.6 Å². The van der Waals surface area contributed by atoms with Crippen LogP contribution in [-0.2, 0) is 19.1 Å². The number of nitrogens with zero attached hydrogens (tertiary/aromatic N) is 1. The number of Topliss-reactive ketones (excluding diaryl/α,β-unsaturated/α-hetero) is 1. The van der Waals surface area contributed by atoms with Gasteiger partial charge >= 0.3 is 5.97 Å². The topological polar surface area (TPSA) is 121 Å². The Bertz CT molecular complexity index is 992. The van der Waals surface area contributed by atoms with Crippen LogP contribution in [0.2, 0.25) is 0 Å². The Hall–Kier alpha value is -2.99. The van der Waals surface area contributed by atoms with E-state index in [0.29, 0.717) is 52.1 Å². The van der Waals surface area contributed by atoms with E-state index in [1.165, 1.54) is 7.11 Å². The van der Waals surface area contributed by atoms with Gasteiger partial charge in [0.2, 0.25) is 5.88 Å². The molecule has 1 heterocycles. The van der Waals surface area contributed by atoms with E-state index >= 15 is 0 Å². The third kappa shape index (κ3) is 4.14. The first-order valence-corrected chi connectivity index (χ1v) is 10.2. The summed E-state index contributed by atoms with van der Waals surface area (Å²) in [5.74, 6) is -0.114. The lowest BCUT2D eigenvalue weighted by Crippen LogP contribution is -2.27. The minimum absolute atomic E-state index is 0.00585. The molecule has 30 heavy (non-hydrogen) atoms. The van der Waals surface area contributed by atoms with Crippen molar-refractivity contribution < 1.29 is 28.5 Å². The lowest BCUT2D eigenvalue weighted by molar-refractivity contribution is -0.145. The molecule has 1 aromatic rings. The second-order valence-electron chi connectivity index (χ2n) is 6.67. The van der Waals surface area contributed by atoms with E-state index in [4.69, 9.17) is 24.7 Å². The average molecular weight is 477 g/mol. The number of hydrogen-bond donors (Lipinski definition) is 1. The standard InChI is InChI=1S/C21H21BrN2O6/c1-3-28-17(26)10-29-20-13(22)7-11(8-16(20)27-2)18-12(9-23)21(24)30-15-6-4-5-14(25)19(15)18/h7-8,18H,3-6,10,24H2,1-2H3/t18-/m0/s1. The molecule has 158 valence electrons. The van der Waals surface area contributed by atoms with Gasteiger partial charge in [0.1, 0.15) is 17.4 Å². The van der Waals surface area contributed by atoms with Crippen molar-refractivity contribution in [2.75, 3.05) is 20.3 Å². The van der Waals surface area contributed by atoms with Crippen molar-refractivity contribution in [1.29, 1.82) is 5.26 Å². The van der Waals surface area contributed by atoms with Crippen LogP contribution in [0.25, 0.3) is 0 Å². The molecule has 1 aliphatic carbocycles. The molecule has 8 nitrogen and oxygen atoms in total. The number of esters is 1. The largest absolute Gasteiger partial charge is 0.493 e. The lowest BCUT2D eigenvalue weighted by Gasteiger charge is -2.31. The zero-order chi connectivity index (χ0) is 21.8. The molecule has 0 bridgehead atoms. The number of ketones is 1. The van der Waals surface area contributed by atoms with Crippen LogP contribution in [0.1, 0.15) is 37.7 Å². The van der Waals surface area contributed by atoms with Crippen molar-refractivity contribution >= 4 is 27.7 Å². The molecule has 0 unspecified atom stereocenters. The second kappa shape index (κ2) is 9.22. The van der Waals surface area contributed by atoms with Gasteiger partial charge in [0.25, 0.3) is 0 Å². The number of ether oxygens (including phenoxy) is 4. The molecular formula is C21H21BrN2O6. The van der Waals surface area contributed by atoms with Crippen molar-refractivity contribution in [3.63, 3.8) is 0 Å². The quantitative estimate of drug-likeness (QED) is 0.621. The van der Waals surface area contributed by atoms with E-state index in [1.54, 1.807) is 19.1 Å². The van der Waals surface area contributed by atoms with Crippen LogP contribution >= 0.6 is 15.9 Å². The van der Waals surface area contributed by atoms with Crippen molar-refractivity contribution in [2.24, 2.45) is 5.73 Å². The summed E-state index contributed by atoms with van der Waals surface area (Å²) >= 11 is 3.44. The Balaban J connectivity index is 2.05. The van der Waals surface area contributed by atoms with Crippen LogP contribution in [0.3, 0.4) is 0 Å². The number of nitrogens with two attached hydrogens (primary N) is 1. The summed E-state index contributed by atoms with van der Waals surface area (Å²) in [4.78, 5) is 24.3. The fourth-order valence-corrected chi connectivity index (χ4v) is 4.14. The van der Waals surface area contributed by atoms with Gasteiger partial charge in [-0.15, -0.1) is 0 Å². The number of hydrogen-bond acceptors (Lipinski definition) is 8. The zero-order valence-electron chi connectivity index (χ0n) is 16.6. The van der Waals surface area contributed by atoms with Gasteiger partial charge in [0.05, 0.1) is 24.1 Å². The van der Waals surface area contributed by atoms with Gasteiger partial charge in [-0.2, -0.15) is 5.26 Å². The van der Waals surface area contributed by atoms with Crippen LogP contribution in [0.5, 0.6) is 11.5 Å². The molecule has 0 saturated carbocycles. The summed E-state index contributed by atoms with van der Waals surface area (Å²) in [5.41, 5.74) is 7.22. The molecule has 0 amide bonds. The zero-order valence-corrected chi connectivity index (χ0v) is 18.2. The van der Waals surface area contributed by atoms with Crippen molar-refractivity contribution in [1.82, 2.24) is 0 Å². The SMILES string of the molecule is CCOC(=O)COc1c(Br)cc([C@H]2C(C#N)=C(N)OC3=C2C(=O)CCC3)cc1OC. The van der Waals surface area contributed by atoms with Crippen LogP contribution < -0.4 is 15.2 Å². The molecule has 9 heteroatoms. The molecule has 0 aromatic heterocycles. The number of benzene rings is 1. The van der Waals surface area contributed by atoms with Gasteiger partial charge in [-0.3, -0.25) is 4.79 Å². The van der Waals surface area contributed by atoms with Gasteiger partial charge in [-0.05, 0) is 47.0 Å². The Morgan fingerprint density at radius 1 is 1.40 bits per heavy atom. The summed E-state index contributed by atoms with van der Waals surface area (Å²) in [6.07, 6.45) is 1.64. The minimum atomic E-state index is -0.671. The maximum atomic E-state index is 12.7. The first kappa shape index (κ1) is 21.7. The Morgan fingerprint density at radius 3 is 2.83 bits per heavy atom. The fraction of sp³-hybridized carbons (Fsp3) is 0.381. The van der Waals surface area contributed by atoms with E-state index < -0.39 is 11.9 Å². The lowest BCUT2D eigenvalue weighted by atomic mass is 9.77. The normalized spacial score (nSPS) is 18.3. The molecule has 0 radical (unpaired) electrons. The third-order valence-corrected chi connectivity index (χ3v) is 5.42. The third-order valence-electron chi connectivity index (χ3n) is 4.83. The molecule has 1 aliphatic heterocycles. The number of allylic oxidation sites excluding steroid dienone is 3. The summed E-state index contributed by atoms with van der Waals surface area (Å²) in [5, 5.41) is 9.70. The van der Waals surface area contributed by atoms with Crippen LogP contribution in [0, 0.1) is 11.3 Å². The first-order chi connectivity index (χ1) is 14.4. The highest BCUT2D eigenvalue weighted by molar-refractivity contribution is 9.10. The Kier molecular flexibility index (Phi) is 6.67. The van der Waals surface area contributed by atoms with Gasteiger partial charge in [-0.25, -0.2) is 4.79 Å². The minimum Gasteiger partial charge on any atom is -0.493 e. The van der Waals surface area contributed by atoms with E-state index in [9.17, 15) is 14.9 Å². The van der Waals surface area contributed by atoms with Gasteiger partial charge < -0.3 is 24.7 Å². The van der Waals surface area contributed by atoms with E-state index in [-0.39, 0.29) is 30.5 Å². The predicted molar refractivity (Wildman–Crippen MR) is 109 cm³/mol. The predicted octanol–water partition coefficient (Wildman–Crippen LogP) is 3.21. The maximum Gasteiger partial charge on any atom is 0.344 e. The molecule has 2 N–H and O–H groups in total. The highest BCUT2D eigenvalue weighted by atomic mass is 79.9. The van der Waals surface area contributed by atoms with Gasteiger partial charge in [0.15, 0.2) is 23.9 Å². The molecule has 0 spiro atoms. The smallest absolute Gasteiger partial charge is 0.344 e. The van der Waals surface area contributed by atoms with Gasteiger partial charge in [-0.1, -0.05) is 0 Å². The van der Waals surface area contributed by atoms with E-state index in [2.05, 4.69) is 22.0 Å². The summed E-state index contributed by atoms with van der Waals surface area (Å²) in [6, 6.07) is 5.46. The number of carbonyl (C=O) groups excluding carboxylic acids is 2. The summed E-state index contributed by atoms with van der Waals surface area (Å²) < 4.78 is 22.0. The maximum absolute atomic E-state index is 12.7. The number of halogens is 1. The molecule has 0 fully saturated rings. The monoisotopic (exact) mass is 476 g/mol. The molecule has 3 rings (SSSR count). The van der Waals surface area contributed by atoms with Crippen LogP contribution in [-0.4, -0.2) is 32.1 Å². The number of rotatable bonds is 6. The van der Waals surface area contributed by atoms with Crippen LogP contribution in [0.15, 0.2) is 39.4 Å². The molecule has 1 atom stereocenters. The molecule has 0 saturated heterocycles.